The number of halogens is 2. The van der Waals surface area contributed by atoms with E-state index in [1.165, 1.54) is 6.07 Å². The lowest BCUT2D eigenvalue weighted by Gasteiger charge is -2.07. The van der Waals surface area contributed by atoms with E-state index in [2.05, 4.69) is 26.1 Å². The topological polar surface area (TPSA) is 33.6 Å². The summed E-state index contributed by atoms with van der Waals surface area (Å²) in [5.74, 6) is 0.276. The van der Waals surface area contributed by atoms with E-state index in [-0.39, 0.29) is 5.82 Å². The highest BCUT2D eigenvalue weighted by Crippen LogP contribution is 2.39. The smallest absolute Gasteiger partial charge is 0.195 e. The van der Waals surface area contributed by atoms with Crippen LogP contribution >= 0.6 is 28.1 Å². The molecule has 1 saturated carbocycles. The summed E-state index contributed by atoms with van der Waals surface area (Å²) in [6.45, 7) is 0. The van der Waals surface area contributed by atoms with E-state index in [0.29, 0.717) is 26.7 Å². The van der Waals surface area contributed by atoms with Gasteiger partial charge in [-0.1, -0.05) is 6.07 Å². The first-order valence-electron chi connectivity index (χ1n) is 5.30. The van der Waals surface area contributed by atoms with Crippen LogP contribution in [0.2, 0.25) is 0 Å². The number of rotatable bonds is 2. The predicted octanol–water partition coefficient (Wildman–Crippen LogP) is 3.84. The number of hydrogen-bond acceptors (Lipinski definition) is 2. The molecule has 17 heavy (non-hydrogen) atoms. The quantitative estimate of drug-likeness (QED) is 0.854. The predicted molar refractivity (Wildman–Crippen MR) is 68.8 cm³/mol. The molecule has 2 aromatic rings. The van der Waals surface area contributed by atoms with E-state index in [4.69, 9.17) is 12.2 Å². The van der Waals surface area contributed by atoms with E-state index in [1.54, 1.807) is 12.1 Å². The lowest BCUT2D eigenvalue weighted by atomic mass is 10.2. The number of aromatic nitrogens is 3. The van der Waals surface area contributed by atoms with Gasteiger partial charge in [-0.05, 0) is 53.1 Å². The van der Waals surface area contributed by atoms with Crippen molar-refractivity contribution < 1.29 is 4.39 Å². The molecule has 3 rings (SSSR count). The van der Waals surface area contributed by atoms with Crippen LogP contribution in [0.15, 0.2) is 22.7 Å². The Bertz CT molecular complexity index is 610. The summed E-state index contributed by atoms with van der Waals surface area (Å²) >= 11 is 8.54. The highest BCUT2D eigenvalue weighted by molar-refractivity contribution is 9.10. The Hall–Kier alpha value is -1.01. The van der Waals surface area contributed by atoms with Gasteiger partial charge in [-0.3, -0.25) is 9.67 Å². The van der Waals surface area contributed by atoms with Gasteiger partial charge < -0.3 is 0 Å². The van der Waals surface area contributed by atoms with Gasteiger partial charge in [-0.2, -0.15) is 5.10 Å². The Labute approximate surface area is 111 Å². The van der Waals surface area contributed by atoms with Crippen LogP contribution in [0.25, 0.3) is 11.4 Å². The molecule has 1 aliphatic rings. The molecule has 0 saturated heterocycles. The molecule has 1 aliphatic carbocycles. The molecule has 1 aromatic heterocycles. The lowest BCUT2D eigenvalue weighted by Crippen LogP contribution is -1.99. The third kappa shape index (κ3) is 1.85. The first-order valence-corrected chi connectivity index (χ1v) is 6.50. The van der Waals surface area contributed by atoms with Crippen molar-refractivity contribution >= 4 is 28.1 Å². The van der Waals surface area contributed by atoms with Crippen molar-refractivity contribution in [2.75, 3.05) is 0 Å². The van der Waals surface area contributed by atoms with Crippen LogP contribution in [0.4, 0.5) is 4.39 Å². The van der Waals surface area contributed by atoms with Crippen LogP contribution in [0.3, 0.4) is 0 Å². The second-order valence-electron chi connectivity index (χ2n) is 4.05. The van der Waals surface area contributed by atoms with Crippen molar-refractivity contribution in [2.45, 2.75) is 18.9 Å². The normalized spacial score (nSPS) is 15.2. The highest BCUT2D eigenvalue weighted by Gasteiger charge is 2.29. The average Bonchev–Trinajstić information content (AvgIpc) is 3.04. The second-order valence-corrected chi connectivity index (χ2v) is 5.29. The number of H-pyrrole nitrogens is 1. The fourth-order valence-electron chi connectivity index (χ4n) is 1.86. The monoisotopic (exact) mass is 313 g/mol. The van der Waals surface area contributed by atoms with Gasteiger partial charge in [-0.15, -0.1) is 0 Å². The fourth-order valence-corrected chi connectivity index (χ4v) is 2.66. The summed E-state index contributed by atoms with van der Waals surface area (Å²) in [7, 11) is 0. The zero-order valence-electron chi connectivity index (χ0n) is 8.78. The number of aromatic amines is 1. The molecule has 0 bridgehead atoms. The SMILES string of the molecule is Fc1cccc(Br)c1-c1n[nH]c(=S)n1C1CC1. The number of hydrogen-bond donors (Lipinski definition) is 1. The molecular formula is C11H9BrFN3S. The summed E-state index contributed by atoms with van der Waals surface area (Å²) < 4.78 is 17.0. The van der Waals surface area contributed by atoms with Gasteiger partial charge in [-0.25, -0.2) is 4.39 Å². The molecule has 1 N–H and O–H groups in total. The molecule has 0 spiro atoms. The zero-order chi connectivity index (χ0) is 12.0. The first-order chi connectivity index (χ1) is 8.18. The number of benzene rings is 1. The Morgan fingerprint density at radius 2 is 2.24 bits per heavy atom. The van der Waals surface area contributed by atoms with E-state index in [9.17, 15) is 4.39 Å². The van der Waals surface area contributed by atoms with Gasteiger partial charge in [0.15, 0.2) is 10.6 Å². The maximum Gasteiger partial charge on any atom is 0.195 e. The minimum atomic E-state index is -0.296. The Morgan fingerprint density at radius 3 is 2.88 bits per heavy atom. The molecule has 0 amide bonds. The van der Waals surface area contributed by atoms with Crippen molar-refractivity contribution in [1.29, 1.82) is 0 Å². The van der Waals surface area contributed by atoms with Crippen molar-refractivity contribution in [3.05, 3.63) is 33.3 Å². The van der Waals surface area contributed by atoms with Crippen LogP contribution in [-0.2, 0) is 0 Å². The van der Waals surface area contributed by atoms with Crippen LogP contribution in [0.1, 0.15) is 18.9 Å². The van der Waals surface area contributed by atoms with Gasteiger partial charge in [0.25, 0.3) is 0 Å². The molecule has 0 aliphatic heterocycles. The van der Waals surface area contributed by atoms with Crippen molar-refractivity contribution in [3.8, 4) is 11.4 Å². The summed E-state index contributed by atoms with van der Waals surface area (Å²) in [6.07, 6.45) is 2.15. The molecule has 0 unspecified atom stereocenters. The summed E-state index contributed by atoms with van der Waals surface area (Å²) in [5.41, 5.74) is 0.465. The van der Waals surface area contributed by atoms with Crippen LogP contribution in [0.5, 0.6) is 0 Å². The molecule has 88 valence electrons. The largest absolute Gasteiger partial charge is 0.297 e. The molecule has 1 aromatic carbocycles. The van der Waals surface area contributed by atoms with Crippen LogP contribution in [-0.4, -0.2) is 14.8 Å². The first kappa shape index (κ1) is 11.1. The maximum absolute atomic E-state index is 13.9. The highest BCUT2D eigenvalue weighted by atomic mass is 79.9. The fraction of sp³-hybridized carbons (Fsp3) is 0.273. The van der Waals surface area contributed by atoms with Crippen molar-refractivity contribution in [1.82, 2.24) is 14.8 Å². The second kappa shape index (κ2) is 4.03. The number of nitrogens with zero attached hydrogens (tertiary/aromatic N) is 2. The Morgan fingerprint density at radius 1 is 1.47 bits per heavy atom. The Kier molecular flexibility index (Phi) is 2.63. The molecule has 1 heterocycles. The van der Waals surface area contributed by atoms with E-state index in [1.807, 2.05) is 4.57 Å². The van der Waals surface area contributed by atoms with E-state index < -0.39 is 0 Å². The maximum atomic E-state index is 13.9. The summed E-state index contributed by atoms with van der Waals surface area (Å²) in [6, 6.07) is 5.25. The molecular weight excluding hydrogens is 305 g/mol. The van der Waals surface area contributed by atoms with Gasteiger partial charge in [0.05, 0.1) is 5.56 Å². The van der Waals surface area contributed by atoms with Crippen LogP contribution in [0, 0.1) is 10.6 Å². The van der Waals surface area contributed by atoms with Crippen molar-refractivity contribution in [3.63, 3.8) is 0 Å². The van der Waals surface area contributed by atoms with E-state index in [0.717, 1.165) is 12.8 Å². The summed E-state index contributed by atoms with van der Waals surface area (Å²) in [4.78, 5) is 0. The van der Waals surface area contributed by atoms with Gasteiger partial charge in [0.1, 0.15) is 5.82 Å². The third-order valence-electron chi connectivity index (χ3n) is 2.80. The molecule has 1 fully saturated rings. The van der Waals surface area contributed by atoms with Gasteiger partial charge in [0.2, 0.25) is 0 Å². The minimum Gasteiger partial charge on any atom is -0.297 e. The minimum absolute atomic E-state index is 0.296. The van der Waals surface area contributed by atoms with E-state index >= 15 is 0 Å². The van der Waals surface area contributed by atoms with Gasteiger partial charge >= 0.3 is 0 Å². The molecule has 0 atom stereocenters. The molecule has 0 radical (unpaired) electrons. The summed E-state index contributed by atoms with van der Waals surface area (Å²) in [5, 5.41) is 6.88. The van der Waals surface area contributed by atoms with Crippen molar-refractivity contribution in [2.24, 2.45) is 0 Å². The zero-order valence-corrected chi connectivity index (χ0v) is 11.2. The van der Waals surface area contributed by atoms with Crippen LogP contribution < -0.4 is 0 Å². The lowest BCUT2D eigenvalue weighted by molar-refractivity contribution is 0.625. The van der Waals surface area contributed by atoms with Gasteiger partial charge in [0, 0.05) is 10.5 Å². The number of nitrogens with one attached hydrogen (secondary N) is 1. The standard InChI is InChI=1S/C11H9BrFN3S/c12-7-2-1-3-8(13)9(7)10-14-15-11(17)16(10)6-4-5-6/h1-3,6H,4-5H2,(H,15,17). The average molecular weight is 314 g/mol. The molecule has 3 nitrogen and oxygen atoms in total. The third-order valence-corrected chi connectivity index (χ3v) is 3.75. The molecule has 6 heteroatoms. The Balaban J connectivity index is 2.25.